The highest BCUT2D eigenvalue weighted by atomic mass is 16.6. The van der Waals surface area contributed by atoms with E-state index >= 15 is 0 Å². The Bertz CT molecular complexity index is 1590. The third-order valence-corrected chi connectivity index (χ3v) is 14.3. The molecule has 0 aromatic heterocycles. The minimum atomic E-state index is -0.778. The van der Waals surface area contributed by atoms with Gasteiger partial charge >= 0.3 is 17.9 Å². The smallest absolute Gasteiger partial charge is 0.306 e. The minimum absolute atomic E-state index is 0.0767. The van der Waals surface area contributed by atoms with Gasteiger partial charge in [0, 0.05) is 19.3 Å². The van der Waals surface area contributed by atoms with E-state index in [9.17, 15) is 14.4 Å². The van der Waals surface area contributed by atoms with Crippen molar-refractivity contribution in [3.63, 3.8) is 0 Å². The van der Waals surface area contributed by atoms with Crippen LogP contribution in [0, 0.1) is 0 Å². The number of carbonyl (C=O) groups is 3. The summed E-state index contributed by atoms with van der Waals surface area (Å²) in [4.78, 5) is 38.2. The number of esters is 3. The van der Waals surface area contributed by atoms with Crippen LogP contribution in [0.25, 0.3) is 0 Å². The first kappa shape index (κ1) is 75.1. The van der Waals surface area contributed by atoms with Crippen molar-refractivity contribution in [3.8, 4) is 0 Å². The fourth-order valence-electron chi connectivity index (χ4n) is 9.35. The van der Waals surface area contributed by atoms with Crippen LogP contribution in [0.3, 0.4) is 0 Å². The van der Waals surface area contributed by atoms with E-state index < -0.39 is 6.10 Å². The normalized spacial score (nSPS) is 12.8. The lowest BCUT2D eigenvalue weighted by Gasteiger charge is -2.18. The highest BCUT2D eigenvalue weighted by molar-refractivity contribution is 5.71. The largest absolute Gasteiger partial charge is 0.462 e. The highest BCUT2D eigenvalue weighted by Gasteiger charge is 2.19. The SMILES string of the molecule is CC/C=C\C/C=C\C/C=C\C/C=C\C/C=C\CCCCCCCCCCCCCC(=O)OCC(COC(=O)CCCCCCCCC)OC(=O)CCCCCCCCCCCCCCCC/C=C\C/C=C\C/C=C\C/C=C\CC. The second-order valence-corrected chi connectivity index (χ2v) is 22.0. The first-order chi connectivity index (χ1) is 39.0. The Morgan fingerprint density at radius 2 is 0.494 bits per heavy atom. The summed E-state index contributed by atoms with van der Waals surface area (Å²) in [5.41, 5.74) is 0. The molecule has 0 amide bonds. The Morgan fingerprint density at radius 1 is 0.266 bits per heavy atom. The van der Waals surface area contributed by atoms with Crippen molar-refractivity contribution in [2.24, 2.45) is 0 Å². The third-order valence-electron chi connectivity index (χ3n) is 14.3. The fourth-order valence-corrected chi connectivity index (χ4v) is 9.35. The summed E-state index contributed by atoms with van der Waals surface area (Å²) in [6.07, 6.45) is 91.3. The molecule has 0 aromatic rings. The fraction of sp³-hybridized carbons (Fsp3) is 0.712. The lowest BCUT2D eigenvalue weighted by atomic mass is 10.0. The summed E-state index contributed by atoms with van der Waals surface area (Å²) in [6.45, 7) is 6.40. The van der Waals surface area contributed by atoms with E-state index in [1.807, 2.05) is 0 Å². The number of hydrogen-bond acceptors (Lipinski definition) is 6. The molecule has 79 heavy (non-hydrogen) atoms. The number of hydrogen-bond donors (Lipinski definition) is 0. The quantitative estimate of drug-likeness (QED) is 0.0261. The van der Waals surface area contributed by atoms with E-state index in [4.69, 9.17) is 14.2 Å². The Labute approximate surface area is 489 Å². The average molecular weight is 1100 g/mol. The van der Waals surface area contributed by atoms with Crippen LogP contribution in [0.2, 0.25) is 0 Å². The Balaban J connectivity index is 4.11. The standard InChI is InChI=1S/C73H124O6/c1-4-7-10-13-16-18-20-22-24-26-28-30-32-34-36-38-40-42-44-46-48-50-52-54-57-60-63-66-72(75)78-69-70(68-77-71(74)65-62-59-56-15-12-9-6-3)79-73(76)67-64-61-58-55-53-51-49-47-45-43-41-39-37-35-33-31-29-27-25-23-21-19-17-14-11-8-5-2/h7-8,10-11,16-19,22-25,28-31,34,36,70H,4-6,9,12-15,20-21,26-27,32-33,35,37-69H2,1-3H3/b10-7-,11-8-,18-16-,19-17-,24-22-,25-23-,30-28-,31-29-,36-34-. The predicted octanol–water partition coefficient (Wildman–Crippen LogP) is 23.0. The van der Waals surface area contributed by atoms with Crippen molar-refractivity contribution in [2.45, 2.75) is 322 Å². The maximum absolute atomic E-state index is 12.9. The molecule has 0 spiro atoms. The lowest BCUT2D eigenvalue weighted by molar-refractivity contribution is -0.167. The molecular weight excluding hydrogens is 973 g/mol. The zero-order chi connectivity index (χ0) is 57.1. The molecule has 452 valence electrons. The van der Waals surface area contributed by atoms with Gasteiger partial charge in [-0.15, -0.1) is 0 Å². The van der Waals surface area contributed by atoms with E-state index in [0.717, 1.165) is 116 Å². The van der Waals surface area contributed by atoms with Crippen LogP contribution in [0.15, 0.2) is 109 Å². The van der Waals surface area contributed by atoms with Crippen LogP contribution in [-0.4, -0.2) is 37.2 Å². The van der Waals surface area contributed by atoms with Gasteiger partial charge in [0.15, 0.2) is 6.10 Å². The van der Waals surface area contributed by atoms with Gasteiger partial charge in [-0.25, -0.2) is 0 Å². The molecule has 0 aliphatic rings. The van der Waals surface area contributed by atoms with Gasteiger partial charge in [0.25, 0.3) is 0 Å². The molecule has 0 fully saturated rings. The van der Waals surface area contributed by atoms with Crippen molar-refractivity contribution in [1.29, 1.82) is 0 Å². The molecule has 0 radical (unpaired) electrons. The third kappa shape index (κ3) is 64.8. The minimum Gasteiger partial charge on any atom is -0.462 e. The molecule has 1 atom stereocenters. The van der Waals surface area contributed by atoms with Crippen LogP contribution < -0.4 is 0 Å². The molecule has 6 nitrogen and oxygen atoms in total. The average Bonchev–Trinajstić information content (AvgIpc) is 3.45. The van der Waals surface area contributed by atoms with E-state index in [1.54, 1.807) is 0 Å². The van der Waals surface area contributed by atoms with Crippen LogP contribution in [0.4, 0.5) is 0 Å². The molecule has 0 rings (SSSR count). The van der Waals surface area contributed by atoms with Gasteiger partial charge in [-0.05, 0) is 103 Å². The summed E-state index contributed by atoms with van der Waals surface area (Å²) in [7, 11) is 0. The molecule has 0 saturated heterocycles. The molecule has 0 bridgehead atoms. The van der Waals surface area contributed by atoms with Gasteiger partial charge in [-0.1, -0.05) is 304 Å². The summed E-state index contributed by atoms with van der Waals surface area (Å²) in [6, 6.07) is 0. The van der Waals surface area contributed by atoms with Crippen LogP contribution in [0.1, 0.15) is 316 Å². The van der Waals surface area contributed by atoms with Gasteiger partial charge in [-0.3, -0.25) is 14.4 Å². The summed E-state index contributed by atoms with van der Waals surface area (Å²) in [5, 5.41) is 0. The predicted molar refractivity (Wildman–Crippen MR) is 343 cm³/mol. The molecule has 0 aliphatic heterocycles. The molecule has 0 N–H and O–H groups in total. The highest BCUT2D eigenvalue weighted by Crippen LogP contribution is 2.17. The molecule has 0 heterocycles. The van der Waals surface area contributed by atoms with E-state index in [-0.39, 0.29) is 31.1 Å². The molecule has 6 heteroatoms. The molecule has 0 aliphatic carbocycles. The molecular formula is C73H124O6. The zero-order valence-corrected chi connectivity index (χ0v) is 51.9. The van der Waals surface area contributed by atoms with E-state index in [2.05, 4.69) is 130 Å². The van der Waals surface area contributed by atoms with Crippen LogP contribution >= 0.6 is 0 Å². The molecule has 1 unspecified atom stereocenters. The monoisotopic (exact) mass is 1100 g/mol. The van der Waals surface area contributed by atoms with Gasteiger partial charge in [-0.2, -0.15) is 0 Å². The van der Waals surface area contributed by atoms with Crippen LogP contribution in [-0.2, 0) is 28.6 Å². The van der Waals surface area contributed by atoms with Gasteiger partial charge in [0.2, 0.25) is 0 Å². The van der Waals surface area contributed by atoms with E-state index in [0.29, 0.717) is 19.3 Å². The number of ether oxygens (including phenoxy) is 3. The molecule has 0 aromatic carbocycles. The van der Waals surface area contributed by atoms with Crippen molar-refractivity contribution < 1.29 is 28.6 Å². The summed E-state index contributed by atoms with van der Waals surface area (Å²) in [5.74, 6) is -0.877. The van der Waals surface area contributed by atoms with Crippen molar-refractivity contribution in [2.75, 3.05) is 13.2 Å². The maximum atomic E-state index is 12.9. The Hall–Kier alpha value is -3.93. The number of unbranched alkanes of at least 4 members (excludes halogenated alkanes) is 31. The zero-order valence-electron chi connectivity index (χ0n) is 51.9. The summed E-state index contributed by atoms with van der Waals surface area (Å²) < 4.78 is 16.9. The summed E-state index contributed by atoms with van der Waals surface area (Å²) >= 11 is 0. The van der Waals surface area contributed by atoms with Crippen molar-refractivity contribution >= 4 is 17.9 Å². The Kier molecular flexibility index (Phi) is 63.3. The number of rotatable bonds is 60. The maximum Gasteiger partial charge on any atom is 0.306 e. The van der Waals surface area contributed by atoms with Gasteiger partial charge in [0.1, 0.15) is 13.2 Å². The first-order valence-corrected chi connectivity index (χ1v) is 33.4. The molecule has 0 saturated carbocycles. The van der Waals surface area contributed by atoms with Gasteiger partial charge < -0.3 is 14.2 Å². The number of allylic oxidation sites excluding steroid dienone is 18. The number of carbonyl (C=O) groups excluding carboxylic acids is 3. The second-order valence-electron chi connectivity index (χ2n) is 22.0. The van der Waals surface area contributed by atoms with Crippen molar-refractivity contribution in [1.82, 2.24) is 0 Å². The van der Waals surface area contributed by atoms with E-state index in [1.165, 1.54) is 161 Å². The van der Waals surface area contributed by atoms with Gasteiger partial charge in [0.05, 0.1) is 0 Å². The first-order valence-electron chi connectivity index (χ1n) is 33.4. The Morgan fingerprint density at radius 3 is 0.772 bits per heavy atom. The topological polar surface area (TPSA) is 78.9 Å². The van der Waals surface area contributed by atoms with Crippen LogP contribution in [0.5, 0.6) is 0 Å². The van der Waals surface area contributed by atoms with Crippen molar-refractivity contribution in [3.05, 3.63) is 109 Å². The lowest BCUT2D eigenvalue weighted by Crippen LogP contribution is -2.30. The second kappa shape index (κ2) is 66.6.